The topological polar surface area (TPSA) is 47.7 Å². The van der Waals surface area contributed by atoms with E-state index in [-0.39, 0.29) is 6.04 Å². The number of aromatic nitrogens is 4. The number of nitrogens with zero attached hydrogens (tertiary/aromatic N) is 4. The van der Waals surface area contributed by atoms with Gasteiger partial charge in [-0.15, -0.1) is 0 Å². The molecule has 0 fully saturated rings. The fraction of sp³-hybridized carbons (Fsp3) is 0.571. The SMILES string of the molecule is CCCNC(c1cnn(CCC)c1)c1cncn1C. The summed E-state index contributed by atoms with van der Waals surface area (Å²) in [4.78, 5) is 4.22. The lowest BCUT2D eigenvalue weighted by atomic mass is 10.1. The van der Waals surface area contributed by atoms with Crippen molar-refractivity contribution >= 4 is 0 Å². The Morgan fingerprint density at radius 1 is 1.26 bits per heavy atom. The average Bonchev–Trinajstić information content (AvgIpc) is 3.01. The van der Waals surface area contributed by atoms with Gasteiger partial charge in [0.15, 0.2) is 0 Å². The van der Waals surface area contributed by atoms with Crippen molar-refractivity contribution < 1.29 is 0 Å². The molecule has 5 nitrogen and oxygen atoms in total. The highest BCUT2D eigenvalue weighted by molar-refractivity contribution is 5.22. The van der Waals surface area contributed by atoms with Crippen LogP contribution < -0.4 is 5.32 Å². The van der Waals surface area contributed by atoms with E-state index in [0.717, 1.165) is 25.9 Å². The Kier molecular flexibility index (Phi) is 4.74. The Labute approximate surface area is 114 Å². The summed E-state index contributed by atoms with van der Waals surface area (Å²) in [7, 11) is 2.03. The van der Waals surface area contributed by atoms with Crippen molar-refractivity contribution in [3.63, 3.8) is 0 Å². The van der Waals surface area contributed by atoms with Gasteiger partial charge in [0.25, 0.3) is 0 Å². The summed E-state index contributed by atoms with van der Waals surface area (Å²) in [6.07, 6.45) is 10.0. The maximum Gasteiger partial charge on any atom is 0.0946 e. The Bertz CT molecular complexity index is 499. The van der Waals surface area contributed by atoms with Gasteiger partial charge in [-0.2, -0.15) is 5.10 Å². The van der Waals surface area contributed by atoms with Crippen LogP contribution in [0, 0.1) is 0 Å². The maximum atomic E-state index is 4.42. The Hall–Kier alpha value is -1.62. The molecule has 104 valence electrons. The van der Waals surface area contributed by atoms with Gasteiger partial charge in [-0.25, -0.2) is 4.98 Å². The number of hydrogen-bond donors (Lipinski definition) is 1. The van der Waals surface area contributed by atoms with Crippen molar-refractivity contribution in [1.82, 2.24) is 24.6 Å². The normalized spacial score (nSPS) is 12.8. The first kappa shape index (κ1) is 13.8. The minimum absolute atomic E-state index is 0.165. The molecule has 0 spiro atoms. The van der Waals surface area contributed by atoms with Gasteiger partial charge in [0.1, 0.15) is 0 Å². The molecule has 2 aromatic rings. The van der Waals surface area contributed by atoms with Crippen LogP contribution in [0.3, 0.4) is 0 Å². The highest BCUT2D eigenvalue weighted by atomic mass is 15.3. The van der Waals surface area contributed by atoms with E-state index < -0.39 is 0 Å². The van der Waals surface area contributed by atoms with E-state index in [2.05, 4.69) is 40.0 Å². The smallest absolute Gasteiger partial charge is 0.0946 e. The van der Waals surface area contributed by atoms with Crippen molar-refractivity contribution in [2.45, 2.75) is 39.3 Å². The van der Waals surface area contributed by atoms with Crippen LogP contribution in [0.5, 0.6) is 0 Å². The van der Waals surface area contributed by atoms with E-state index >= 15 is 0 Å². The first-order valence-electron chi connectivity index (χ1n) is 6.98. The standard InChI is InChI=1S/C14H23N5/c1-4-6-16-14(13-9-15-11-18(13)3)12-8-17-19(10-12)7-5-2/h8-11,14,16H,4-7H2,1-3H3. The molecule has 2 aromatic heterocycles. The molecule has 5 heteroatoms. The minimum atomic E-state index is 0.165. The molecule has 0 aliphatic rings. The van der Waals surface area contributed by atoms with Crippen LogP contribution in [-0.2, 0) is 13.6 Å². The summed E-state index contributed by atoms with van der Waals surface area (Å²) in [5, 5.41) is 7.99. The molecule has 0 saturated carbocycles. The molecule has 0 aromatic carbocycles. The van der Waals surface area contributed by atoms with Gasteiger partial charge in [-0.05, 0) is 19.4 Å². The Balaban J connectivity index is 2.23. The molecule has 1 atom stereocenters. The Morgan fingerprint density at radius 3 is 2.74 bits per heavy atom. The molecular formula is C14H23N5. The van der Waals surface area contributed by atoms with E-state index in [4.69, 9.17) is 0 Å². The van der Waals surface area contributed by atoms with E-state index in [1.807, 2.05) is 30.5 Å². The summed E-state index contributed by atoms with van der Waals surface area (Å²) < 4.78 is 4.07. The van der Waals surface area contributed by atoms with Crippen LogP contribution in [0.2, 0.25) is 0 Å². The summed E-state index contributed by atoms with van der Waals surface area (Å²) in [6, 6.07) is 0.165. The predicted octanol–water partition coefficient (Wildman–Crippen LogP) is 2.12. The molecule has 2 rings (SSSR count). The fourth-order valence-corrected chi connectivity index (χ4v) is 2.21. The summed E-state index contributed by atoms with van der Waals surface area (Å²) in [5.41, 5.74) is 2.37. The van der Waals surface area contributed by atoms with Gasteiger partial charge in [-0.3, -0.25) is 4.68 Å². The largest absolute Gasteiger partial charge is 0.336 e. The summed E-state index contributed by atoms with van der Waals surface area (Å²) in [6.45, 7) is 6.28. The van der Waals surface area contributed by atoms with E-state index in [1.165, 1.54) is 11.3 Å². The summed E-state index contributed by atoms with van der Waals surface area (Å²) in [5.74, 6) is 0. The zero-order valence-electron chi connectivity index (χ0n) is 12.0. The maximum absolute atomic E-state index is 4.42. The first-order valence-corrected chi connectivity index (χ1v) is 6.98. The molecule has 2 heterocycles. The zero-order valence-corrected chi connectivity index (χ0v) is 12.0. The van der Waals surface area contributed by atoms with Crippen LogP contribution in [-0.4, -0.2) is 25.9 Å². The molecule has 0 radical (unpaired) electrons. The quantitative estimate of drug-likeness (QED) is 0.830. The third-order valence-corrected chi connectivity index (χ3v) is 3.19. The number of nitrogens with one attached hydrogen (secondary N) is 1. The van der Waals surface area contributed by atoms with Crippen LogP contribution in [0.1, 0.15) is 44.0 Å². The van der Waals surface area contributed by atoms with E-state index in [9.17, 15) is 0 Å². The third-order valence-electron chi connectivity index (χ3n) is 3.19. The number of aryl methyl sites for hydroxylation is 2. The Morgan fingerprint density at radius 2 is 2.11 bits per heavy atom. The highest BCUT2D eigenvalue weighted by Gasteiger charge is 2.18. The third kappa shape index (κ3) is 3.23. The second kappa shape index (κ2) is 6.52. The zero-order chi connectivity index (χ0) is 13.7. The van der Waals surface area contributed by atoms with Gasteiger partial charge >= 0.3 is 0 Å². The van der Waals surface area contributed by atoms with Gasteiger partial charge in [-0.1, -0.05) is 13.8 Å². The van der Waals surface area contributed by atoms with Crippen LogP contribution in [0.15, 0.2) is 24.9 Å². The van der Waals surface area contributed by atoms with Gasteiger partial charge < -0.3 is 9.88 Å². The summed E-state index contributed by atoms with van der Waals surface area (Å²) >= 11 is 0. The van der Waals surface area contributed by atoms with Crippen molar-refractivity contribution in [1.29, 1.82) is 0 Å². The van der Waals surface area contributed by atoms with Crippen LogP contribution >= 0.6 is 0 Å². The second-order valence-corrected chi connectivity index (χ2v) is 4.85. The fourth-order valence-electron chi connectivity index (χ4n) is 2.21. The monoisotopic (exact) mass is 261 g/mol. The van der Waals surface area contributed by atoms with Crippen molar-refractivity contribution in [3.8, 4) is 0 Å². The molecule has 0 saturated heterocycles. The lowest BCUT2D eigenvalue weighted by Gasteiger charge is -2.17. The number of rotatable bonds is 7. The number of imidazole rings is 1. The van der Waals surface area contributed by atoms with E-state index in [0.29, 0.717) is 0 Å². The van der Waals surface area contributed by atoms with Crippen molar-refractivity contribution in [2.24, 2.45) is 7.05 Å². The molecule has 1 unspecified atom stereocenters. The highest BCUT2D eigenvalue weighted by Crippen LogP contribution is 2.21. The molecule has 19 heavy (non-hydrogen) atoms. The van der Waals surface area contributed by atoms with Crippen molar-refractivity contribution in [3.05, 3.63) is 36.2 Å². The number of hydrogen-bond acceptors (Lipinski definition) is 3. The molecule has 0 bridgehead atoms. The average molecular weight is 261 g/mol. The van der Waals surface area contributed by atoms with E-state index in [1.54, 1.807) is 0 Å². The molecule has 0 aliphatic heterocycles. The molecular weight excluding hydrogens is 238 g/mol. The van der Waals surface area contributed by atoms with Gasteiger partial charge in [0, 0.05) is 25.4 Å². The van der Waals surface area contributed by atoms with Crippen molar-refractivity contribution in [2.75, 3.05) is 6.54 Å². The lowest BCUT2D eigenvalue weighted by molar-refractivity contribution is 0.566. The molecule has 0 amide bonds. The van der Waals surface area contributed by atoms with Crippen LogP contribution in [0.25, 0.3) is 0 Å². The predicted molar refractivity (Wildman–Crippen MR) is 75.9 cm³/mol. The second-order valence-electron chi connectivity index (χ2n) is 4.85. The van der Waals surface area contributed by atoms with Crippen LogP contribution in [0.4, 0.5) is 0 Å². The van der Waals surface area contributed by atoms with Gasteiger partial charge in [0.05, 0.1) is 30.5 Å². The molecule has 0 aliphatic carbocycles. The molecule has 1 N–H and O–H groups in total. The van der Waals surface area contributed by atoms with Gasteiger partial charge in [0.2, 0.25) is 0 Å². The lowest BCUT2D eigenvalue weighted by Crippen LogP contribution is -2.24. The first-order chi connectivity index (χ1) is 9.26. The minimum Gasteiger partial charge on any atom is -0.336 e.